The highest BCUT2D eigenvalue weighted by Crippen LogP contribution is 2.34. The van der Waals surface area contributed by atoms with Crippen LogP contribution in [-0.4, -0.2) is 37.3 Å². The first-order valence-electron chi connectivity index (χ1n) is 7.64. The van der Waals surface area contributed by atoms with Crippen molar-refractivity contribution in [2.24, 2.45) is 5.92 Å². The van der Waals surface area contributed by atoms with E-state index in [-0.39, 0.29) is 18.9 Å². The van der Waals surface area contributed by atoms with Gasteiger partial charge in [-0.25, -0.2) is 0 Å². The first-order valence-corrected chi connectivity index (χ1v) is 7.64. The molecule has 1 unspecified atom stereocenters. The number of fused-ring (bicyclic) bond motifs is 1. The van der Waals surface area contributed by atoms with Gasteiger partial charge in [0.15, 0.2) is 0 Å². The Bertz CT molecular complexity index is 479. The molecule has 116 valence electrons. The fourth-order valence-corrected chi connectivity index (χ4v) is 3.46. The van der Waals surface area contributed by atoms with Crippen LogP contribution in [0.15, 0.2) is 24.3 Å². The van der Waals surface area contributed by atoms with Gasteiger partial charge < -0.3 is 10.2 Å². The average molecular weight is 298 g/mol. The molecule has 2 aliphatic rings. The van der Waals surface area contributed by atoms with Gasteiger partial charge in [-0.15, -0.1) is 0 Å². The van der Waals surface area contributed by atoms with Crippen molar-refractivity contribution in [1.82, 2.24) is 10.2 Å². The van der Waals surface area contributed by atoms with E-state index in [1.54, 1.807) is 0 Å². The standard InChI is InChI=1S/C16H21F3N2/c17-16(18,19)13-6-9-21(10-7-13)11-15-14-4-2-1-3-12(14)5-8-20-15/h1-4,13,15,20H,5-11H2. The molecule has 21 heavy (non-hydrogen) atoms. The maximum absolute atomic E-state index is 12.7. The van der Waals surface area contributed by atoms with Crippen molar-refractivity contribution in [3.63, 3.8) is 0 Å². The maximum Gasteiger partial charge on any atom is 0.391 e. The zero-order valence-corrected chi connectivity index (χ0v) is 12.0. The molecule has 2 nitrogen and oxygen atoms in total. The summed E-state index contributed by atoms with van der Waals surface area (Å²) < 4.78 is 38.1. The van der Waals surface area contributed by atoms with E-state index >= 15 is 0 Å². The van der Waals surface area contributed by atoms with E-state index in [4.69, 9.17) is 0 Å². The molecule has 3 rings (SSSR count). The molecule has 0 aromatic heterocycles. The molecule has 0 radical (unpaired) electrons. The maximum atomic E-state index is 12.7. The van der Waals surface area contributed by atoms with E-state index in [2.05, 4.69) is 28.4 Å². The summed E-state index contributed by atoms with van der Waals surface area (Å²) in [5, 5.41) is 3.50. The number of nitrogens with one attached hydrogen (secondary N) is 1. The molecule has 2 heterocycles. The third kappa shape index (κ3) is 3.40. The predicted octanol–water partition coefficient (Wildman–Crippen LogP) is 3.15. The highest BCUT2D eigenvalue weighted by molar-refractivity contribution is 5.32. The molecular weight excluding hydrogens is 277 g/mol. The van der Waals surface area contributed by atoms with Gasteiger partial charge in [-0.05, 0) is 50.0 Å². The van der Waals surface area contributed by atoms with E-state index in [0.717, 1.165) is 19.5 Å². The van der Waals surface area contributed by atoms with Crippen molar-refractivity contribution < 1.29 is 13.2 Å². The molecule has 1 atom stereocenters. The molecule has 1 saturated heterocycles. The molecule has 1 aromatic carbocycles. The monoisotopic (exact) mass is 298 g/mol. The quantitative estimate of drug-likeness (QED) is 0.902. The summed E-state index contributed by atoms with van der Waals surface area (Å²) >= 11 is 0. The second kappa shape index (κ2) is 5.97. The van der Waals surface area contributed by atoms with Crippen LogP contribution in [0.4, 0.5) is 13.2 Å². The summed E-state index contributed by atoms with van der Waals surface area (Å²) in [5.41, 5.74) is 2.67. The second-order valence-corrected chi connectivity index (χ2v) is 6.07. The number of likely N-dealkylation sites (tertiary alicyclic amines) is 1. The van der Waals surface area contributed by atoms with Crippen LogP contribution in [0.1, 0.15) is 30.0 Å². The van der Waals surface area contributed by atoms with Gasteiger partial charge in [-0.3, -0.25) is 0 Å². The number of nitrogens with zero attached hydrogens (tertiary/aromatic N) is 1. The number of rotatable bonds is 2. The Balaban J connectivity index is 1.59. The Hall–Kier alpha value is -1.07. The largest absolute Gasteiger partial charge is 0.391 e. The average Bonchev–Trinajstić information content (AvgIpc) is 2.47. The zero-order chi connectivity index (χ0) is 14.9. The van der Waals surface area contributed by atoms with Gasteiger partial charge >= 0.3 is 6.18 Å². The fraction of sp³-hybridized carbons (Fsp3) is 0.625. The number of alkyl halides is 3. The molecule has 1 fully saturated rings. The molecule has 0 amide bonds. The van der Waals surface area contributed by atoms with E-state index in [1.807, 2.05) is 6.07 Å². The Kier molecular flexibility index (Phi) is 4.22. The Morgan fingerprint density at radius 1 is 1.14 bits per heavy atom. The van der Waals surface area contributed by atoms with Crippen LogP contribution in [0.5, 0.6) is 0 Å². The summed E-state index contributed by atoms with van der Waals surface area (Å²) in [7, 11) is 0. The van der Waals surface area contributed by atoms with Gasteiger partial charge in [0.2, 0.25) is 0 Å². The Morgan fingerprint density at radius 2 is 1.86 bits per heavy atom. The number of hydrogen-bond acceptors (Lipinski definition) is 2. The summed E-state index contributed by atoms with van der Waals surface area (Å²) in [4.78, 5) is 2.17. The van der Waals surface area contributed by atoms with E-state index in [9.17, 15) is 13.2 Å². The minimum Gasteiger partial charge on any atom is -0.309 e. The third-order valence-electron chi connectivity index (χ3n) is 4.71. The molecule has 1 N–H and O–H groups in total. The first-order chi connectivity index (χ1) is 10.0. The molecule has 2 aliphatic heterocycles. The lowest BCUT2D eigenvalue weighted by atomic mass is 9.92. The van der Waals surface area contributed by atoms with Crippen LogP contribution >= 0.6 is 0 Å². The van der Waals surface area contributed by atoms with Gasteiger partial charge in [0.25, 0.3) is 0 Å². The third-order valence-corrected chi connectivity index (χ3v) is 4.71. The van der Waals surface area contributed by atoms with Gasteiger partial charge in [-0.1, -0.05) is 24.3 Å². The fourth-order valence-electron chi connectivity index (χ4n) is 3.46. The molecule has 0 aliphatic carbocycles. The van der Waals surface area contributed by atoms with E-state index < -0.39 is 12.1 Å². The van der Waals surface area contributed by atoms with E-state index in [1.165, 1.54) is 11.1 Å². The minimum absolute atomic E-state index is 0.234. The predicted molar refractivity (Wildman–Crippen MR) is 76.1 cm³/mol. The summed E-state index contributed by atoms with van der Waals surface area (Å²) in [5.74, 6) is -1.11. The van der Waals surface area contributed by atoms with Crippen LogP contribution in [0.3, 0.4) is 0 Å². The lowest BCUT2D eigenvalue weighted by Gasteiger charge is -2.36. The van der Waals surface area contributed by atoms with Crippen LogP contribution in [-0.2, 0) is 6.42 Å². The van der Waals surface area contributed by atoms with Crippen LogP contribution < -0.4 is 5.32 Å². The normalized spacial score (nSPS) is 24.8. The van der Waals surface area contributed by atoms with Gasteiger partial charge in [-0.2, -0.15) is 13.2 Å². The number of piperidine rings is 1. The van der Waals surface area contributed by atoms with Crippen LogP contribution in [0, 0.1) is 5.92 Å². The number of halogens is 3. The van der Waals surface area contributed by atoms with Crippen LogP contribution in [0.2, 0.25) is 0 Å². The topological polar surface area (TPSA) is 15.3 Å². The van der Waals surface area contributed by atoms with Crippen molar-refractivity contribution in [2.75, 3.05) is 26.2 Å². The lowest BCUT2D eigenvalue weighted by Crippen LogP contribution is -2.44. The molecule has 5 heteroatoms. The van der Waals surface area contributed by atoms with Crippen molar-refractivity contribution in [3.05, 3.63) is 35.4 Å². The SMILES string of the molecule is FC(F)(F)C1CCN(CC2NCCc3ccccc32)CC1. The molecule has 1 aromatic rings. The molecule has 0 bridgehead atoms. The Morgan fingerprint density at radius 3 is 2.57 bits per heavy atom. The number of hydrogen-bond donors (Lipinski definition) is 1. The van der Waals surface area contributed by atoms with Crippen molar-refractivity contribution >= 4 is 0 Å². The minimum atomic E-state index is -4.03. The van der Waals surface area contributed by atoms with Gasteiger partial charge in [0.05, 0.1) is 5.92 Å². The number of benzene rings is 1. The highest BCUT2D eigenvalue weighted by Gasteiger charge is 2.41. The van der Waals surface area contributed by atoms with Crippen LogP contribution in [0.25, 0.3) is 0 Å². The summed E-state index contributed by atoms with van der Waals surface area (Å²) in [6, 6.07) is 8.62. The zero-order valence-electron chi connectivity index (χ0n) is 12.0. The first kappa shape index (κ1) is 14.9. The van der Waals surface area contributed by atoms with Crippen molar-refractivity contribution in [2.45, 2.75) is 31.5 Å². The lowest BCUT2D eigenvalue weighted by molar-refractivity contribution is -0.185. The van der Waals surface area contributed by atoms with Crippen molar-refractivity contribution in [3.8, 4) is 0 Å². The Labute approximate surface area is 123 Å². The van der Waals surface area contributed by atoms with E-state index in [0.29, 0.717) is 13.1 Å². The molecular formula is C16H21F3N2. The second-order valence-electron chi connectivity index (χ2n) is 6.07. The van der Waals surface area contributed by atoms with Gasteiger partial charge in [0.1, 0.15) is 0 Å². The smallest absolute Gasteiger partial charge is 0.309 e. The molecule has 0 spiro atoms. The van der Waals surface area contributed by atoms with Crippen molar-refractivity contribution in [1.29, 1.82) is 0 Å². The summed E-state index contributed by atoms with van der Waals surface area (Å²) in [6.07, 6.45) is -2.53. The highest BCUT2D eigenvalue weighted by atomic mass is 19.4. The summed E-state index contributed by atoms with van der Waals surface area (Å²) in [6.45, 7) is 2.84. The molecule has 0 saturated carbocycles. The van der Waals surface area contributed by atoms with Gasteiger partial charge in [0, 0.05) is 12.6 Å².